The zero-order valence-corrected chi connectivity index (χ0v) is 17.5. The van der Waals surface area contributed by atoms with Gasteiger partial charge in [-0.15, -0.1) is 0 Å². The molecule has 1 aliphatic heterocycles. The van der Waals surface area contributed by atoms with Gasteiger partial charge in [-0.2, -0.15) is 4.31 Å². The molecule has 0 saturated carbocycles. The molecule has 1 N–H and O–H groups in total. The molecule has 156 valence electrons. The number of rotatable bonds is 6. The molecule has 2 aromatic rings. The van der Waals surface area contributed by atoms with Gasteiger partial charge in [-0.05, 0) is 61.6 Å². The van der Waals surface area contributed by atoms with Gasteiger partial charge < -0.3 is 5.32 Å². The largest absolute Gasteiger partial charge is 0.326 e. The Morgan fingerprint density at radius 1 is 1.03 bits per heavy atom. The van der Waals surface area contributed by atoms with E-state index in [2.05, 4.69) is 5.32 Å². The van der Waals surface area contributed by atoms with E-state index in [9.17, 15) is 17.6 Å². The van der Waals surface area contributed by atoms with Gasteiger partial charge >= 0.3 is 0 Å². The Morgan fingerprint density at radius 2 is 1.69 bits per heavy atom. The van der Waals surface area contributed by atoms with Crippen LogP contribution in [0.3, 0.4) is 0 Å². The highest BCUT2D eigenvalue weighted by Crippen LogP contribution is 2.21. The van der Waals surface area contributed by atoms with Crippen molar-refractivity contribution in [3.63, 3.8) is 0 Å². The highest BCUT2D eigenvalue weighted by molar-refractivity contribution is 7.89. The van der Waals surface area contributed by atoms with Crippen molar-refractivity contribution < 1.29 is 17.6 Å². The number of carbonyl (C=O) groups excluding carboxylic acids is 1. The summed E-state index contributed by atoms with van der Waals surface area (Å²) in [5, 5.41) is 2.72. The Balaban J connectivity index is 1.59. The maximum atomic E-state index is 13.3. The van der Waals surface area contributed by atoms with Gasteiger partial charge in [0.1, 0.15) is 5.82 Å². The Morgan fingerprint density at radius 3 is 2.34 bits per heavy atom. The van der Waals surface area contributed by atoms with E-state index in [4.69, 9.17) is 0 Å². The number of hydrogen-bond donors (Lipinski definition) is 1. The van der Waals surface area contributed by atoms with Gasteiger partial charge in [-0.3, -0.25) is 4.79 Å². The fourth-order valence-corrected chi connectivity index (χ4v) is 4.98. The van der Waals surface area contributed by atoms with Crippen LogP contribution in [0, 0.1) is 12.7 Å². The Kier molecular flexibility index (Phi) is 7.03. The van der Waals surface area contributed by atoms with Crippen LogP contribution >= 0.6 is 0 Å². The maximum absolute atomic E-state index is 13.3. The summed E-state index contributed by atoms with van der Waals surface area (Å²) in [6.07, 6.45) is 4.65. The van der Waals surface area contributed by atoms with E-state index in [-0.39, 0.29) is 12.3 Å². The average Bonchev–Trinajstić information content (AvgIpc) is 3.00. The Bertz CT molecular complexity index is 951. The van der Waals surface area contributed by atoms with Gasteiger partial charge in [0.2, 0.25) is 15.9 Å². The molecular weight excluding hydrogens is 391 g/mol. The molecule has 1 aliphatic rings. The molecule has 0 aliphatic carbocycles. The lowest BCUT2D eigenvalue weighted by Gasteiger charge is -2.20. The van der Waals surface area contributed by atoms with E-state index in [1.54, 1.807) is 41.6 Å². The number of carbonyl (C=O) groups is 1. The van der Waals surface area contributed by atoms with Crippen molar-refractivity contribution in [3.05, 3.63) is 59.4 Å². The summed E-state index contributed by atoms with van der Waals surface area (Å²) in [5.74, 6) is -0.605. The second-order valence-corrected chi connectivity index (χ2v) is 9.41. The lowest BCUT2D eigenvalue weighted by atomic mass is 10.1. The predicted octanol–water partition coefficient (Wildman–Crippen LogP) is 4.27. The lowest BCUT2D eigenvalue weighted by molar-refractivity contribution is -0.116. The van der Waals surface area contributed by atoms with Crippen molar-refractivity contribution in [2.45, 2.75) is 50.3 Å². The summed E-state index contributed by atoms with van der Waals surface area (Å²) in [4.78, 5) is 12.5. The monoisotopic (exact) mass is 418 g/mol. The first kappa shape index (κ1) is 21.5. The molecule has 7 heteroatoms. The van der Waals surface area contributed by atoms with Crippen LogP contribution in [0.2, 0.25) is 0 Å². The number of nitrogens with zero attached hydrogens (tertiary/aromatic N) is 1. The smallest absolute Gasteiger partial charge is 0.243 e. The topological polar surface area (TPSA) is 66.5 Å². The molecule has 0 unspecified atom stereocenters. The molecule has 3 rings (SSSR count). The number of nitrogens with one attached hydrogen (secondary N) is 1. The van der Waals surface area contributed by atoms with Crippen LogP contribution in [-0.2, 0) is 21.2 Å². The van der Waals surface area contributed by atoms with Crippen LogP contribution in [0.15, 0.2) is 47.4 Å². The van der Waals surface area contributed by atoms with Gasteiger partial charge in [0, 0.05) is 25.2 Å². The van der Waals surface area contributed by atoms with Gasteiger partial charge in [0.05, 0.1) is 4.90 Å². The highest BCUT2D eigenvalue weighted by Gasteiger charge is 2.24. The fourth-order valence-electron chi connectivity index (χ4n) is 3.46. The minimum absolute atomic E-state index is 0.208. The van der Waals surface area contributed by atoms with E-state index in [1.807, 2.05) is 0 Å². The molecule has 1 saturated heterocycles. The first-order valence-corrected chi connectivity index (χ1v) is 11.5. The van der Waals surface area contributed by atoms with Crippen molar-refractivity contribution >= 4 is 21.6 Å². The van der Waals surface area contributed by atoms with E-state index in [0.717, 1.165) is 36.8 Å². The number of hydrogen-bond acceptors (Lipinski definition) is 3. The highest BCUT2D eigenvalue weighted by atomic mass is 32.2. The molecular formula is C22H27FN2O3S. The second kappa shape index (κ2) is 9.50. The number of benzene rings is 2. The standard InChI is InChI=1S/C22H27FN2O3S/c1-17-6-10-19(23)16-21(17)24-22(26)13-9-18-7-11-20(12-8-18)29(27,28)25-14-4-2-3-5-15-25/h6-8,10-12,16H,2-5,9,13-15H2,1H3,(H,24,26). The van der Waals surface area contributed by atoms with Crippen LogP contribution in [0.5, 0.6) is 0 Å². The van der Waals surface area contributed by atoms with Crippen LogP contribution in [0.25, 0.3) is 0 Å². The molecule has 5 nitrogen and oxygen atoms in total. The minimum atomic E-state index is -3.46. The molecule has 0 aromatic heterocycles. The summed E-state index contributed by atoms with van der Waals surface area (Å²) in [7, 11) is -3.46. The van der Waals surface area contributed by atoms with Gasteiger partial charge in [-0.25, -0.2) is 12.8 Å². The summed E-state index contributed by atoms with van der Waals surface area (Å²) >= 11 is 0. The number of sulfonamides is 1. The number of aryl methyl sites for hydroxylation is 2. The summed E-state index contributed by atoms with van der Waals surface area (Å²) < 4.78 is 40.5. The normalized spacial score (nSPS) is 15.7. The Labute approximate surface area is 172 Å². The first-order chi connectivity index (χ1) is 13.9. The van der Waals surface area contributed by atoms with Crippen molar-refractivity contribution in [1.82, 2.24) is 4.31 Å². The zero-order chi connectivity index (χ0) is 20.9. The van der Waals surface area contributed by atoms with Gasteiger partial charge in [-0.1, -0.05) is 31.0 Å². The number of anilines is 1. The fraction of sp³-hybridized carbons (Fsp3) is 0.409. The molecule has 0 radical (unpaired) electrons. The van der Waals surface area contributed by atoms with Crippen LogP contribution in [0.1, 0.15) is 43.2 Å². The minimum Gasteiger partial charge on any atom is -0.326 e. The van der Waals surface area contributed by atoms with Gasteiger partial charge in [0.15, 0.2) is 0 Å². The summed E-state index contributed by atoms with van der Waals surface area (Å²) in [6, 6.07) is 11.0. The second-order valence-electron chi connectivity index (χ2n) is 7.47. The van der Waals surface area contributed by atoms with Crippen molar-refractivity contribution in [3.8, 4) is 0 Å². The van der Waals surface area contributed by atoms with Crippen LogP contribution < -0.4 is 5.32 Å². The summed E-state index contributed by atoms with van der Waals surface area (Å²) in [5.41, 5.74) is 2.14. The van der Waals surface area contributed by atoms with Crippen LogP contribution in [0.4, 0.5) is 10.1 Å². The summed E-state index contributed by atoms with van der Waals surface area (Å²) in [6.45, 7) is 2.95. The van der Waals surface area contributed by atoms with Crippen LogP contribution in [-0.4, -0.2) is 31.7 Å². The van der Waals surface area contributed by atoms with E-state index >= 15 is 0 Å². The molecule has 0 bridgehead atoms. The third-order valence-corrected chi connectivity index (χ3v) is 7.15. The molecule has 1 fully saturated rings. The van der Waals surface area contributed by atoms with Crippen molar-refractivity contribution in [1.29, 1.82) is 0 Å². The molecule has 1 heterocycles. The first-order valence-electron chi connectivity index (χ1n) is 10.0. The Hall–Kier alpha value is -2.25. The van der Waals surface area contributed by atoms with Crippen molar-refractivity contribution in [2.24, 2.45) is 0 Å². The molecule has 0 spiro atoms. The van der Waals surface area contributed by atoms with Crippen molar-refractivity contribution in [2.75, 3.05) is 18.4 Å². The lowest BCUT2D eigenvalue weighted by Crippen LogP contribution is -2.31. The molecule has 0 atom stereocenters. The van der Waals surface area contributed by atoms with E-state index in [0.29, 0.717) is 30.1 Å². The zero-order valence-electron chi connectivity index (χ0n) is 16.7. The maximum Gasteiger partial charge on any atom is 0.243 e. The average molecular weight is 419 g/mol. The molecule has 1 amide bonds. The molecule has 2 aromatic carbocycles. The van der Waals surface area contributed by atoms with E-state index < -0.39 is 15.8 Å². The SMILES string of the molecule is Cc1ccc(F)cc1NC(=O)CCc1ccc(S(=O)(=O)N2CCCCCC2)cc1. The third kappa shape index (κ3) is 5.64. The third-order valence-electron chi connectivity index (χ3n) is 5.24. The van der Waals surface area contributed by atoms with Gasteiger partial charge in [0.25, 0.3) is 0 Å². The molecule has 29 heavy (non-hydrogen) atoms. The predicted molar refractivity (Wildman–Crippen MR) is 112 cm³/mol. The van der Waals surface area contributed by atoms with E-state index in [1.165, 1.54) is 12.1 Å². The quantitative estimate of drug-likeness (QED) is 0.762. The number of amides is 1. The number of halogens is 1.